The minimum Gasteiger partial charge on any atom is -0.438 e. The molecule has 1 aliphatic carbocycles. The summed E-state index contributed by atoms with van der Waals surface area (Å²) in [4.78, 5) is 9.47. The first kappa shape index (κ1) is 19.2. The van der Waals surface area contributed by atoms with E-state index < -0.39 is 0 Å². The van der Waals surface area contributed by atoms with Crippen LogP contribution >= 0.6 is 0 Å². The molecule has 3 heterocycles. The van der Waals surface area contributed by atoms with Crippen molar-refractivity contribution in [3.63, 3.8) is 0 Å². The molecule has 32 heavy (non-hydrogen) atoms. The Bertz CT molecular complexity index is 1380. The van der Waals surface area contributed by atoms with Gasteiger partial charge in [0.2, 0.25) is 5.71 Å². The fourth-order valence-corrected chi connectivity index (χ4v) is 5.06. The average Bonchev–Trinajstić information content (AvgIpc) is 3.46. The van der Waals surface area contributed by atoms with Crippen LogP contribution < -0.4 is 0 Å². The van der Waals surface area contributed by atoms with Crippen LogP contribution in [0, 0.1) is 5.92 Å². The van der Waals surface area contributed by atoms with E-state index in [9.17, 15) is 0 Å². The molecule has 6 rings (SSSR count). The summed E-state index contributed by atoms with van der Waals surface area (Å²) in [6.45, 7) is 0. The molecule has 1 aliphatic rings. The molecule has 0 atom stereocenters. The van der Waals surface area contributed by atoms with Crippen molar-refractivity contribution in [2.45, 2.75) is 38.5 Å². The van der Waals surface area contributed by atoms with Gasteiger partial charge in [-0.2, -0.15) is 0 Å². The Kier molecular flexibility index (Phi) is 4.95. The van der Waals surface area contributed by atoms with E-state index in [2.05, 4.69) is 71.7 Å². The third-order valence-electron chi connectivity index (χ3n) is 6.74. The molecule has 2 aromatic carbocycles. The lowest BCUT2D eigenvalue weighted by Gasteiger charge is -2.10. The van der Waals surface area contributed by atoms with Crippen LogP contribution in [0.2, 0.25) is 0 Å². The van der Waals surface area contributed by atoms with Gasteiger partial charge >= 0.3 is 0 Å². The van der Waals surface area contributed by atoms with Gasteiger partial charge in [0.25, 0.3) is 0 Å². The van der Waals surface area contributed by atoms with Crippen LogP contribution in [0.15, 0.2) is 83.4 Å². The monoisotopic (exact) mass is 418 g/mol. The highest BCUT2D eigenvalue weighted by atomic mass is 16.3. The van der Waals surface area contributed by atoms with Gasteiger partial charge in [-0.3, -0.25) is 4.98 Å². The first-order valence-electron chi connectivity index (χ1n) is 11.6. The van der Waals surface area contributed by atoms with Crippen LogP contribution in [0.3, 0.4) is 0 Å². The first-order valence-corrected chi connectivity index (χ1v) is 11.6. The summed E-state index contributed by atoms with van der Waals surface area (Å²) >= 11 is 0. The molecule has 5 aromatic rings. The number of hydrogen-bond donors (Lipinski definition) is 0. The van der Waals surface area contributed by atoms with Crippen molar-refractivity contribution in [1.29, 1.82) is 0 Å². The molecular weight excluding hydrogens is 392 g/mol. The highest BCUT2D eigenvalue weighted by molar-refractivity contribution is 6.05. The van der Waals surface area contributed by atoms with Crippen molar-refractivity contribution in [3.05, 3.63) is 95.8 Å². The molecule has 0 radical (unpaired) electrons. The van der Waals surface area contributed by atoms with E-state index in [1.165, 1.54) is 43.2 Å². The van der Waals surface area contributed by atoms with Crippen molar-refractivity contribution >= 4 is 22.1 Å². The van der Waals surface area contributed by atoms with E-state index in [1.807, 2.05) is 12.3 Å². The molecule has 3 nitrogen and oxygen atoms in total. The summed E-state index contributed by atoms with van der Waals surface area (Å²) in [5.41, 5.74) is 7.40. The van der Waals surface area contributed by atoms with Gasteiger partial charge in [-0.15, -0.1) is 0 Å². The van der Waals surface area contributed by atoms with Crippen LogP contribution in [-0.4, -0.2) is 9.97 Å². The molecule has 3 aromatic heterocycles. The second-order valence-electron chi connectivity index (χ2n) is 9.03. The first-order chi connectivity index (χ1) is 15.8. The molecule has 0 aliphatic heterocycles. The van der Waals surface area contributed by atoms with Crippen molar-refractivity contribution < 1.29 is 4.42 Å². The van der Waals surface area contributed by atoms with Crippen LogP contribution in [0.1, 0.15) is 42.5 Å². The van der Waals surface area contributed by atoms with Gasteiger partial charge in [0, 0.05) is 34.6 Å². The Labute approximate surface area is 188 Å². The van der Waals surface area contributed by atoms with E-state index in [0.29, 0.717) is 5.71 Å². The topological polar surface area (TPSA) is 38.9 Å². The molecule has 0 unspecified atom stereocenters. The maximum absolute atomic E-state index is 6.10. The summed E-state index contributed by atoms with van der Waals surface area (Å²) in [5.74, 6) is 0.835. The summed E-state index contributed by atoms with van der Waals surface area (Å²) in [5, 5.41) is 2.15. The van der Waals surface area contributed by atoms with Crippen molar-refractivity contribution in [2.24, 2.45) is 5.92 Å². The van der Waals surface area contributed by atoms with Crippen LogP contribution in [-0.2, 0) is 12.8 Å². The van der Waals surface area contributed by atoms with E-state index in [1.54, 1.807) is 0 Å². The van der Waals surface area contributed by atoms with Crippen molar-refractivity contribution in [2.75, 3.05) is 0 Å². The zero-order chi connectivity index (χ0) is 21.3. The fourth-order valence-electron chi connectivity index (χ4n) is 5.06. The molecule has 0 bridgehead atoms. The van der Waals surface area contributed by atoms with Crippen molar-refractivity contribution in [1.82, 2.24) is 9.97 Å². The summed E-state index contributed by atoms with van der Waals surface area (Å²) in [6.07, 6.45) is 9.42. The van der Waals surface area contributed by atoms with E-state index in [0.717, 1.165) is 45.6 Å². The molecule has 1 saturated carbocycles. The van der Waals surface area contributed by atoms with Gasteiger partial charge in [-0.25, -0.2) is 4.98 Å². The predicted molar refractivity (Wildman–Crippen MR) is 130 cm³/mol. The number of pyridine rings is 2. The number of fused-ring (bicyclic) bond motifs is 3. The third kappa shape index (κ3) is 3.80. The number of hydrogen-bond acceptors (Lipinski definition) is 3. The molecule has 158 valence electrons. The highest BCUT2D eigenvalue weighted by Gasteiger charge is 2.16. The molecule has 0 saturated heterocycles. The Morgan fingerprint density at radius 3 is 2.56 bits per heavy atom. The number of aromatic nitrogens is 2. The SMILES string of the molecule is c1ccc(Cc2ccc3c(n2)oc2ccc(-c4cc(CC5CCCC5)ccn4)cc23)cc1. The zero-order valence-corrected chi connectivity index (χ0v) is 18.1. The minimum atomic E-state index is 0.702. The highest BCUT2D eigenvalue weighted by Crippen LogP contribution is 2.33. The lowest BCUT2D eigenvalue weighted by Crippen LogP contribution is -1.99. The number of nitrogens with zero attached hydrogens (tertiary/aromatic N) is 2. The van der Waals surface area contributed by atoms with Gasteiger partial charge in [0.05, 0.1) is 5.69 Å². The predicted octanol–water partition coefficient (Wildman–Crippen LogP) is 7.37. The Morgan fingerprint density at radius 2 is 1.69 bits per heavy atom. The quantitative estimate of drug-likeness (QED) is 0.299. The third-order valence-corrected chi connectivity index (χ3v) is 6.74. The van der Waals surface area contributed by atoms with Crippen LogP contribution in [0.25, 0.3) is 33.3 Å². The number of rotatable bonds is 5. The zero-order valence-electron chi connectivity index (χ0n) is 18.1. The van der Waals surface area contributed by atoms with E-state index in [4.69, 9.17) is 9.40 Å². The molecular formula is C29H26N2O. The summed E-state index contributed by atoms with van der Waals surface area (Å²) < 4.78 is 6.10. The second kappa shape index (κ2) is 8.23. The smallest absolute Gasteiger partial charge is 0.227 e. The maximum atomic E-state index is 6.10. The van der Waals surface area contributed by atoms with E-state index >= 15 is 0 Å². The van der Waals surface area contributed by atoms with Gasteiger partial charge < -0.3 is 4.42 Å². The molecule has 0 N–H and O–H groups in total. The molecule has 1 fully saturated rings. The van der Waals surface area contributed by atoms with Gasteiger partial charge in [-0.05, 0) is 65.9 Å². The largest absolute Gasteiger partial charge is 0.438 e. The van der Waals surface area contributed by atoms with Gasteiger partial charge in [0.1, 0.15) is 5.58 Å². The Hall–Kier alpha value is -3.46. The maximum Gasteiger partial charge on any atom is 0.227 e. The molecule has 0 amide bonds. The average molecular weight is 419 g/mol. The van der Waals surface area contributed by atoms with Crippen LogP contribution in [0.5, 0.6) is 0 Å². The molecule has 3 heteroatoms. The van der Waals surface area contributed by atoms with Crippen LogP contribution in [0.4, 0.5) is 0 Å². The lowest BCUT2D eigenvalue weighted by atomic mass is 9.97. The Balaban J connectivity index is 1.32. The number of furan rings is 1. The fraction of sp³-hybridized carbons (Fsp3) is 0.241. The second-order valence-corrected chi connectivity index (χ2v) is 9.03. The summed E-state index contributed by atoms with van der Waals surface area (Å²) in [7, 11) is 0. The molecule has 0 spiro atoms. The van der Waals surface area contributed by atoms with Gasteiger partial charge in [0.15, 0.2) is 0 Å². The van der Waals surface area contributed by atoms with Gasteiger partial charge in [-0.1, -0.05) is 56.0 Å². The lowest BCUT2D eigenvalue weighted by molar-refractivity contribution is 0.546. The number of benzene rings is 2. The normalized spacial score (nSPS) is 14.5. The van der Waals surface area contributed by atoms with E-state index in [-0.39, 0.29) is 0 Å². The minimum absolute atomic E-state index is 0.702. The Morgan fingerprint density at radius 1 is 0.812 bits per heavy atom. The van der Waals surface area contributed by atoms with Crippen molar-refractivity contribution in [3.8, 4) is 11.3 Å². The standard InChI is InChI=1S/C29H26N2O/c1-2-6-21(7-3-1)17-24-11-12-25-26-19-23(10-13-28(26)32-29(25)31-24)27-18-22(14-15-30-27)16-20-8-4-5-9-20/h1-3,6-7,10-15,18-20H,4-5,8-9,16-17H2. The summed E-state index contributed by atoms with van der Waals surface area (Å²) in [6, 6.07) is 25.5.